The fraction of sp³-hybridized carbons (Fsp3) is 0.100. The molecule has 7 nitrogen and oxygen atoms in total. The van der Waals surface area contributed by atoms with Crippen molar-refractivity contribution in [3.8, 4) is 22.9 Å². The molecular weight excluding hydrogens is 529 g/mol. The van der Waals surface area contributed by atoms with Crippen molar-refractivity contribution in [2.75, 3.05) is 7.11 Å². The Labute approximate surface area is 198 Å². The highest BCUT2D eigenvalue weighted by Gasteiger charge is 2.16. The average molecular weight is 541 g/mol. The van der Waals surface area contributed by atoms with Crippen molar-refractivity contribution < 1.29 is 14.3 Å². The van der Waals surface area contributed by atoms with Gasteiger partial charge in [-0.25, -0.2) is 0 Å². The van der Waals surface area contributed by atoms with E-state index in [1.165, 1.54) is 29.9 Å². The molecule has 0 saturated carbocycles. The minimum Gasteiger partial charge on any atom is -0.493 e. The number of methoxy groups -OCH3 is 1. The molecular formula is C20H12BrCl2N3O4S. The van der Waals surface area contributed by atoms with Crippen molar-refractivity contribution in [2.24, 2.45) is 0 Å². The van der Waals surface area contributed by atoms with Crippen molar-refractivity contribution in [3.63, 3.8) is 0 Å². The number of thiazole rings is 1. The molecule has 0 saturated heterocycles. The van der Waals surface area contributed by atoms with Crippen LogP contribution in [0.4, 0.5) is 0 Å². The second kappa shape index (κ2) is 8.58. The maximum Gasteiger partial charge on any atom is 0.308 e. The topological polar surface area (TPSA) is 82.8 Å². The van der Waals surface area contributed by atoms with E-state index >= 15 is 0 Å². The van der Waals surface area contributed by atoms with Crippen LogP contribution in [0.25, 0.3) is 22.4 Å². The van der Waals surface area contributed by atoms with Crippen LogP contribution in [-0.4, -0.2) is 27.7 Å². The Hall–Kier alpha value is -2.46. The van der Waals surface area contributed by atoms with Gasteiger partial charge in [0.1, 0.15) is 0 Å². The number of fused-ring (bicyclic) bond motifs is 1. The van der Waals surface area contributed by atoms with Gasteiger partial charge in [-0.1, -0.05) is 34.5 Å². The highest BCUT2D eigenvalue weighted by Crippen LogP contribution is 2.37. The summed E-state index contributed by atoms with van der Waals surface area (Å²) in [4.78, 5) is 29.0. The molecule has 4 rings (SSSR count). The van der Waals surface area contributed by atoms with Crippen LogP contribution in [0.1, 0.15) is 12.5 Å². The molecule has 2 heterocycles. The third kappa shape index (κ3) is 4.31. The van der Waals surface area contributed by atoms with Crippen LogP contribution in [0, 0.1) is 0 Å². The summed E-state index contributed by atoms with van der Waals surface area (Å²) < 4.78 is 12.7. The zero-order valence-corrected chi connectivity index (χ0v) is 19.9. The Kier molecular flexibility index (Phi) is 6.02. The molecule has 0 radical (unpaired) electrons. The fourth-order valence-corrected chi connectivity index (χ4v) is 4.78. The van der Waals surface area contributed by atoms with Gasteiger partial charge in [-0.05, 0) is 57.9 Å². The quantitative estimate of drug-likeness (QED) is 0.282. The van der Waals surface area contributed by atoms with E-state index in [-0.39, 0.29) is 11.3 Å². The molecule has 4 aromatic rings. The van der Waals surface area contributed by atoms with Gasteiger partial charge in [0.2, 0.25) is 4.96 Å². The van der Waals surface area contributed by atoms with E-state index in [1.807, 2.05) is 0 Å². The maximum atomic E-state index is 12.8. The summed E-state index contributed by atoms with van der Waals surface area (Å²) in [5, 5.41) is 5.19. The fourth-order valence-electron chi connectivity index (χ4n) is 2.84. The molecule has 2 aromatic carbocycles. The molecule has 0 amide bonds. The Morgan fingerprint density at radius 2 is 2.03 bits per heavy atom. The van der Waals surface area contributed by atoms with Gasteiger partial charge in [0.15, 0.2) is 17.3 Å². The van der Waals surface area contributed by atoms with Gasteiger partial charge in [0, 0.05) is 17.5 Å². The van der Waals surface area contributed by atoms with Gasteiger partial charge in [-0.15, -0.1) is 5.10 Å². The molecule has 0 unspecified atom stereocenters. The normalized spacial score (nSPS) is 11.8. The minimum absolute atomic E-state index is 0.265. The molecule has 158 valence electrons. The number of benzene rings is 2. The number of esters is 1. The van der Waals surface area contributed by atoms with Crippen LogP contribution in [0.5, 0.6) is 11.5 Å². The lowest BCUT2D eigenvalue weighted by Crippen LogP contribution is -2.23. The number of carbonyl (C=O) groups excluding carboxylic acids is 1. The Morgan fingerprint density at radius 3 is 2.68 bits per heavy atom. The number of carbonyl (C=O) groups is 1. The maximum absolute atomic E-state index is 12.8. The molecule has 0 aliphatic heterocycles. The number of rotatable bonds is 4. The van der Waals surface area contributed by atoms with Gasteiger partial charge in [0.05, 0.1) is 21.1 Å². The lowest BCUT2D eigenvalue weighted by molar-refractivity contribution is -0.132. The molecule has 0 fully saturated rings. The number of hydrogen-bond donors (Lipinski definition) is 0. The Morgan fingerprint density at radius 1 is 1.26 bits per heavy atom. The van der Waals surface area contributed by atoms with Crippen molar-refractivity contribution in [1.82, 2.24) is 14.6 Å². The lowest BCUT2D eigenvalue weighted by Gasteiger charge is -2.10. The number of aromatic nitrogens is 3. The van der Waals surface area contributed by atoms with Crippen molar-refractivity contribution >= 4 is 67.5 Å². The van der Waals surface area contributed by atoms with Crippen LogP contribution < -0.4 is 19.6 Å². The minimum atomic E-state index is -0.472. The van der Waals surface area contributed by atoms with Crippen LogP contribution in [0.15, 0.2) is 39.6 Å². The molecule has 11 heteroatoms. The van der Waals surface area contributed by atoms with Crippen molar-refractivity contribution in [1.29, 1.82) is 0 Å². The van der Waals surface area contributed by atoms with E-state index in [1.54, 1.807) is 36.4 Å². The third-order valence-electron chi connectivity index (χ3n) is 4.15. The SMILES string of the molecule is COc1cc(/C=c2\sc3nc(-c4ccc(Cl)cc4Cl)nn3c2=O)cc(Br)c1OC(C)=O. The highest BCUT2D eigenvalue weighted by atomic mass is 79.9. The summed E-state index contributed by atoms with van der Waals surface area (Å²) >= 11 is 16.7. The molecule has 0 N–H and O–H groups in total. The van der Waals surface area contributed by atoms with Gasteiger partial charge in [-0.3, -0.25) is 9.59 Å². The van der Waals surface area contributed by atoms with Crippen LogP contribution in [-0.2, 0) is 4.79 Å². The first kappa shape index (κ1) is 21.8. The summed E-state index contributed by atoms with van der Waals surface area (Å²) in [5.41, 5.74) is 0.937. The van der Waals surface area contributed by atoms with E-state index in [0.717, 1.165) is 0 Å². The number of ether oxygens (including phenoxy) is 2. The molecule has 0 bridgehead atoms. The summed E-state index contributed by atoms with van der Waals surface area (Å²) in [6.45, 7) is 1.30. The molecule has 0 aliphatic rings. The van der Waals surface area contributed by atoms with Crippen LogP contribution in [0.3, 0.4) is 0 Å². The number of nitrogens with zero attached hydrogens (tertiary/aromatic N) is 3. The second-order valence-corrected chi connectivity index (χ2v) is 9.00. The summed E-state index contributed by atoms with van der Waals surface area (Å²) in [6, 6.07) is 8.36. The van der Waals surface area contributed by atoms with E-state index in [9.17, 15) is 9.59 Å². The van der Waals surface area contributed by atoms with Gasteiger partial charge >= 0.3 is 5.97 Å². The lowest BCUT2D eigenvalue weighted by atomic mass is 10.2. The number of hydrogen-bond acceptors (Lipinski definition) is 7. The predicted molar refractivity (Wildman–Crippen MR) is 123 cm³/mol. The first-order valence-electron chi connectivity index (χ1n) is 8.69. The van der Waals surface area contributed by atoms with E-state index in [2.05, 4.69) is 26.0 Å². The van der Waals surface area contributed by atoms with Crippen LogP contribution in [0.2, 0.25) is 10.0 Å². The van der Waals surface area contributed by atoms with Gasteiger partial charge < -0.3 is 9.47 Å². The standard InChI is InChI=1S/C20H12BrCl2N3O4S/c1-9(27)30-17-13(21)5-10(6-15(17)29-2)7-16-19(28)26-20(31-16)24-18(25-26)12-4-3-11(22)8-14(12)23/h3-8H,1-2H3/b16-7-. The first-order valence-corrected chi connectivity index (χ1v) is 11.1. The zero-order valence-electron chi connectivity index (χ0n) is 16.0. The Balaban J connectivity index is 1.78. The van der Waals surface area contributed by atoms with E-state index in [4.69, 9.17) is 32.7 Å². The summed E-state index contributed by atoms with van der Waals surface area (Å²) in [6.07, 6.45) is 1.68. The molecule has 0 atom stereocenters. The largest absolute Gasteiger partial charge is 0.493 e. The third-order valence-corrected chi connectivity index (χ3v) is 6.25. The van der Waals surface area contributed by atoms with E-state index in [0.29, 0.717) is 46.7 Å². The highest BCUT2D eigenvalue weighted by molar-refractivity contribution is 9.10. The van der Waals surface area contributed by atoms with Crippen molar-refractivity contribution in [2.45, 2.75) is 6.92 Å². The predicted octanol–water partition coefficient (Wildman–Crippen LogP) is 4.37. The molecule has 2 aromatic heterocycles. The average Bonchev–Trinajstić information content (AvgIpc) is 3.23. The smallest absolute Gasteiger partial charge is 0.308 e. The number of halogens is 3. The zero-order chi connectivity index (χ0) is 22.3. The molecule has 0 aliphatic carbocycles. The summed E-state index contributed by atoms with van der Waals surface area (Å²) in [5.74, 6) is 0.482. The monoisotopic (exact) mass is 539 g/mol. The molecule has 0 spiro atoms. The van der Waals surface area contributed by atoms with E-state index < -0.39 is 5.97 Å². The van der Waals surface area contributed by atoms with Gasteiger partial charge in [-0.2, -0.15) is 9.50 Å². The van der Waals surface area contributed by atoms with Crippen LogP contribution >= 0.6 is 50.5 Å². The first-order chi connectivity index (χ1) is 14.8. The summed E-state index contributed by atoms with van der Waals surface area (Å²) in [7, 11) is 1.46. The molecule has 31 heavy (non-hydrogen) atoms. The van der Waals surface area contributed by atoms with Crippen molar-refractivity contribution in [3.05, 3.63) is 65.3 Å². The van der Waals surface area contributed by atoms with Gasteiger partial charge in [0.25, 0.3) is 5.56 Å². The Bertz CT molecular complexity index is 1450. The second-order valence-electron chi connectivity index (χ2n) is 6.30.